The topological polar surface area (TPSA) is 84.3 Å². The number of phenolic OH excluding ortho intramolecular Hbond substituents is 1. The smallest absolute Gasteiger partial charge is 0.179 e. The maximum absolute atomic E-state index is 12.7. The molecular formula is C22H23NO4S. The van der Waals surface area contributed by atoms with Crippen LogP contribution in [0, 0.1) is 18.8 Å². The Morgan fingerprint density at radius 2 is 2.00 bits per heavy atom. The molecule has 1 aliphatic rings. The van der Waals surface area contributed by atoms with Crippen LogP contribution in [0.3, 0.4) is 0 Å². The van der Waals surface area contributed by atoms with Gasteiger partial charge in [0.1, 0.15) is 5.75 Å². The lowest BCUT2D eigenvalue weighted by Crippen LogP contribution is -2.15. The van der Waals surface area contributed by atoms with Crippen LogP contribution in [0.25, 0.3) is 0 Å². The lowest BCUT2D eigenvalue weighted by Gasteiger charge is -2.14. The van der Waals surface area contributed by atoms with Gasteiger partial charge in [-0.1, -0.05) is 18.9 Å². The second-order valence-corrected chi connectivity index (χ2v) is 9.40. The number of aryl methyl sites for hydroxylation is 1. The third-order valence-corrected chi connectivity index (χ3v) is 6.88. The molecule has 1 saturated carbocycles. The average Bonchev–Trinajstić information content (AvgIpc) is 3.42. The van der Waals surface area contributed by atoms with Gasteiger partial charge in [-0.15, -0.1) is 5.92 Å². The van der Waals surface area contributed by atoms with Gasteiger partial charge in [-0.2, -0.15) is 0 Å². The van der Waals surface area contributed by atoms with Crippen molar-refractivity contribution in [3.05, 3.63) is 52.8 Å². The van der Waals surface area contributed by atoms with E-state index >= 15 is 0 Å². The van der Waals surface area contributed by atoms with Crippen LogP contribution in [-0.2, 0) is 21.7 Å². The van der Waals surface area contributed by atoms with Crippen molar-refractivity contribution >= 4 is 15.6 Å². The Balaban J connectivity index is 2.02. The summed E-state index contributed by atoms with van der Waals surface area (Å²) < 4.78 is 25.3. The van der Waals surface area contributed by atoms with Gasteiger partial charge in [0, 0.05) is 6.20 Å². The summed E-state index contributed by atoms with van der Waals surface area (Å²) in [5, 5.41) is 10.1. The molecule has 0 amide bonds. The number of hydrogen-bond donors (Lipinski definition) is 1. The molecule has 6 heteroatoms. The minimum Gasteiger partial charge on any atom is -0.507 e. The van der Waals surface area contributed by atoms with E-state index in [9.17, 15) is 18.3 Å². The van der Waals surface area contributed by atoms with E-state index in [4.69, 9.17) is 0 Å². The first-order valence-electron chi connectivity index (χ1n) is 9.21. The van der Waals surface area contributed by atoms with Crippen molar-refractivity contribution in [2.45, 2.75) is 50.3 Å². The van der Waals surface area contributed by atoms with Crippen LogP contribution >= 0.6 is 0 Å². The zero-order valence-electron chi connectivity index (χ0n) is 16.2. The second-order valence-electron chi connectivity index (χ2n) is 7.15. The van der Waals surface area contributed by atoms with Gasteiger partial charge in [0.2, 0.25) is 0 Å². The van der Waals surface area contributed by atoms with Crippen molar-refractivity contribution in [1.29, 1.82) is 0 Å². The molecule has 0 spiro atoms. The minimum absolute atomic E-state index is 0.0802. The van der Waals surface area contributed by atoms with E-state index < -0.39 is 9.84 Å². The molecule has 3 rings (SSSR count). The minimum atomic E-state index is -3.57. The predicted octanol–water partition coefficient (Wildman–Crippen LogP) is 3.37. The first kappa shape index (κ1) is 20.1. The van der Waals surface area contributed by atoms with Crippen LogP contribution in [0.5, 0.6) is 5.75 Å². The van der Waals surface area contributed by atoms with Crippen molar-refractivity contribution in [2.75, 3.05) is 5.75 Å². The number of pyridine rings is 1. The van der Waals surface area contributed by atoms with Crippen molar-refractivity contribution in [2.24, 2.45) is 0 Å². The summed E-state index contributed by atoms with van der Waals surface area (Å²) in [6.45, 7) is 5.14. The molecule has 5 nitrogen and oxygen atoms in total. The quantitative estimate of drug-likeness (QED) is 0.597. The number of aromatic hydroxyl groups is 1. The fourth-order valence-electron chi connectivity index (χ4n) is 3.27. The van der Waals surface area contributed by atoms with Crippen molar-refractivity contribution < 1.29 is 18.3 Å². The van der Waals surface area contributed by atoms with Gasteiger partial charge < -0.3 is 5.11 Å². The lowest BCUT2D eigenvalue weighted by atomic mass is 9.97. The van der Waals surface area contributed by atoms with Gasteiger partial charge in [0.15, 0.2) is 15.6 Å². The highest BCUT2D eigenvalue weighted by Gasteiger charge is 2.43. The number of carbonyl (C=O) groups is 1. The number of benzene rings is 1. The van der Waals surface area contributed by atoms with E-state index in [1.54, 1.807) is 38.2 Å². The maximum atomic E-state index is 12.7. The van der Waals surface area contributed by atoms with Crippen LogP contribution in [0.1, 0.15) is 53.9 Å². The number of sulfone groups is 1. The Hall–Kier alpha value is -2.65. The summed E-state index contributed by atoms with van der Waals surface area (Å²) in [5.41, 5.74) is 1.65. The summed E-state index contributed by atoms with van der Waals surface area (Å²) in [5.74, 6) is 5.50. The van der Waals surface area contributed by atoms with E-state index in [0.717, 1.165) is 24.0 Å². The van der Waals surface area contributed by atoms with Gasteiger partial charge >= 0.3 is 0 Å². The molecule has 28 heavy (non-hydrogen) atoms. The molecular weight excluding hydrogens is 374 g/mol. The van der Waals surface area contributed by atoms with Crippen LogP contribution < -0.4 is 0 Å². The number of Topliss-reactive ketones (excluding diaryl/α,β-unsaturated/α-hetero) is 1. The van der Waals surface area contributed by atoms with Gasteiger partial charge in [-0.05, 0) is 56.0 Å². The molecule has 1 heterocycles. The number of nitrogens with zero attached hydrogens (tertiary/aromatic N) is 1. The van der Waals surface area contributed by atoms with Crippen LogP contribution in [0.2, 0.25) is 0 Å². The third kappa shape index (κ3) is 3.81. The Bertz CT molecular complexity index is 1100. The fraction of sp³-hybridized carbons (Fsp3) is 0.364. The normalized spacial score (nSPS) is 14.8. The molecule has 0 radical (unpaired) electrons. The van der Waals surface area contributed by atoms with Crippen molar-refractivity contribution in [1.82, 2.24) is 4.98 Å². The van der Waals surface area contributed by atoms with E-state index in [1.807, 2.05) is 6.92 Å². The van der Waals surface area contributed by atoms with Gasteiger partial charge in [0.05, 0.1) is 33.7 Å². The monoisotopic (exact) mass is 397 g/mol. The maximum Gasteiger partial charge on any atom is 0.179 e. The first-order chi connectivity index (χ1) is 13.2. The largest absolute Gasteiger partial charge is 0.507 e. The molecule has 1 aromatic carbocycles. The molecule has 2 aromatic rings. The van der Waals surface area contributed by atoms with Gasteiger partial charge in [0.25, 0.3) is 0 Å². The number of phenols is 1. The highest BCUT2D eigenvalue weighted by molar-refractivity contribution is 7.91. The molecule has 0 atom stereocenters. The number of rotatable bonds is 6. The number of aromatic nitrogens is 1. The summed E-state index contributed by atoms with van der Waals surface area (Å²) in [7, 11) is -3.57. The number of hydrogen-bond acceptors (Lipinski definition) is 5. The van der Waals surface area contributed by atoms with Crippen molar-refractivity contribution in [3.8, 4) is 17.6 Å². The molecule has 1 aliphatic carbocycles. The molecule has 1 N–H and O–H groups in total. The van der Waals surface area contributed by atoms with Crippen LogP contribution in [-0.4, -0.2) is 30.0 Å². The highest BCUT2D eigenvalue weighted by atomic mass is 32.2. The third-order valence-electron chi connectivity index (χ3n) is 5.09. The standard InChI is InChI=1S/C22H23NO4S/c1-4-8-22(9-10-22)16-12-21(28(26,27)5-2)18(23-14-16)13-20(25)17-7-6-15(3)11-19(17)24/h6-7,11-12,14,24H,5,9-10,13H2,1-3H3. The number of ketones is 1. The van der Waals surface area contributed by atoms with E-state index in [0.29, 0.717) is 0 Å². The van der Waals surface area contributed by atoms with E-state index in [1.165, 1.54) is 6.07 Å². The average molecular weight is 397 g/mol. The second kappa shape index (κ2) is 7.40. The summed E-state index contributed by atoms with van der Waals surface area (Å²) in [6.07, 6.45) is 3.18. The Morgan fingerprint density at radius 3 is 2.57 bits per heavy atom. The summed E-state index contributed by atoms with van der Waals surface area (Å²) >= 11 is 0. The Morgan fingerprint density at radius 1 is 1.29 bits per heavy atom. The van der Waals surface area contributed by atoms with Gasteiger partial charge in [-0.3, -0.25) is 9.78 Å². The van der Waals surface area contributed by atoms with Crippen molar-refractivity contribution in [3.63, 3.8) is 0 Å². The molecule has 146 valence electrons. The molecule has 0 bridgehead atoms. The molecule has 0 saturated heterocycles. The molecule has 0 unspecified atom stereocenters. The first-order valence-corrected chi connectivity index (χ1v) is 10.9. The zero-order chi connectivity index (χ0) is 20.5. The molecule has 1 aromatic heterocycles. The SMILES string of the molecule is CC#CC1(c2cnc(CC(=O)c3ccc(C)cc3O)c(S(=O)(=O)CC)c2)CC1. The van der Waals surface area contributed by atoms with Gasteiger partial charge in [-0.25, -0.2) is 8.42 Å². The number of carbonyl (C=O) groups excluding carboxylic acids is 1. The summed E-state index contributed by atoms with van der Waals surface area (Å²) in [4.78, 5) is 17.1. The molecule has 1 fully saturated rings. The van der Waals surface area contributed by atoms with Crippen LogP contribution in [0.4, 0.5) is 0 Å². The van der Waals surface area contributed by atoms with Crippen LogP contribution in [0.15, 0.2) is 35.4 Å². The predicted molar refractivity (Wildman–Crippen MR) is 107 cm³/mol. The van der Waals surface area contributed by atoms with E-state index in [-0.39, 0.29) is 45.3 Å². The fourth-order valence-corrected chi connectivity index (χ4v) is 4.37. The Kier molecular flexibility index (Phi) is 5.31. The highest BCUT2D eigenvalue weighted by Crippen LogP contribution is 2.48. The Labute approximate surface area is 165 Å². The molecule has 0 aliphatic heterocycles. The van der Waals surface area contributed by atoms with E-state index in [2.05, 4.69) is 16.8 Å². The zero-order valence-corrected chi connectivity index (χ0v) is 17.1. The lowest BCUT2D eigenvalue weighted by molar-refractivity contribution is 0.0988. The summed E-state index contributed by atoms with van der Waals surface area (Å²) in [6, 6.07) is 6.41.